The first kappa shape index (κ1) is 25.4. The first-order valence-corrected chi connectivity index (χ1v) is 12.0. The molecule has 1 aliphatic rings. The van der Waals surface area contributed by atoms with E-state index in [1.165, 1.54) is 24.3 Å². The number of hydrogen-bond donors (Lipinski definition) is 0. The molecule has 0 spiro atoms. The van der Waals surface area contributed by atoms with E-state index in [1.54, 1.807) is 12.1 Å². The van der Waals surface area contributed by atoms with E-state index in [0.29, 0.717) is 34.7 Å². The van der Waals surface area contributed by atoms with Gasteiger partial charge in [-0.3, -0.25) is 10.1 Å². The molecule has 0 fully saturated rings. The van der Waals surface area contributed by atoms with Gasteiger partial charge in [0.1, 0.15) is 6.61 Å². The van der Waals surface area contributed by atoms with Crippen molar-refractivity contribution in [2.75, 3.05) is 6.61 Å². The molecule has 3 aromatic rings. The Morgan fingerprint density at radius 1 is 1.14 bits per heavy atom. The van der Waals surface area contributed by atoms with Crippen molar-refractivity contribution in [2.24, 2.45) is 4.99 Å². The molecule has 3 aromatic carbocycles. The minimum atomic E-state index is -0.707. The number of nitrogens with zero attached hydrogens (tertiary/aromatic N) is 2. The van der Waals surface area contributed by atoms with Crippen LogP contribution >= 0.6 is 27.5 Å². The number of halogens is 2. The average Bonchev–Trinajstić information content (AvgIpc) is 3.19. The van der Waals surface area contributed by atoms with Crippen molar-refractivity contribution >= 4 is 51.2 Å². The molecule has 0 bridgehead atoms. The summed E-state index contributed by atoms with van der Waals surface area (Å²) >= 11 is 9.69. The summed E-state index contributed by atoms with van der Waals surface area (Å²) in [6.45, 7) is 4.63. The van der Waals surface area contributed by atoms with Crippen LogP contribution in [0.3, 0.4) is 0 Å². The Bertz CT molecular complexity index is 1400. The second-order valence-electron chi connectivity index (χ2n) is 7.79. The molecule has 0 aromatic heterocycles. The molecule has 0 saturated heterocycles. The third-order valence-electron chi connectivity index (χ3n) is 5.15. The Balaban J connectivity index is 1.63. The topological polar surface area (TPSA) is 100 Å². The zero-order valence-corrected chi connectivity index (χ0v) is 21.6. The summed E-state index contributed by atoms with van der Waals surface area (Å²) in [6.07, 6.45) is 1.53. The Labute approximate surface area is 220 Å². The number of cyclic esters (lactones) is 1. The van der Waals surface area contributed by atoms with Crippen molar-refractivity contribution in [1.29, 1.82) is 0 Å². The molecule has 1 aliphatic heterocycles. The number of carbonyl (C=O) groups excluding carboxylic acids is 1. The average molecular weight is 572 g/mol. The van der Waals surface area contributed by atoms with Gasteiger partial charge in [0.15, 0.2) is 17.2 Å². The molecule has 0 unspecified atom stereocenters. The predicted octanol–water partition coefficient (Wildman–Crippen LogP) is 6.64. The molecule has 0 saturated carbocycles. The van der Waals surface area contributed by atoms with Crippen molar-refractivity contribution in [3.63, 3.8) is 0 Å². The van der Waals surface area contributed by atoms with E-state index in [-0.39, 0.29) is 27.9 Å². The van der Waals surface area contributed by atoms with Gasteiger partial charge in [-0.25, -0.2) is 9.79 Å². The molecule has 8 nitrogen and oxygen atoms in total. The molecule has 0 radical (unpaired) electrons. The molecule has 10 heteroatoms. The molecule has 0 aliphatic carbocycles. The molecular weight excluding hydrogens is 552 g/mol. The Morgan fingerprint density at radius 2 is 1.89 bits per heavy atom. The zero-order chi connectivity index (χ0) is 25.8. The number of benzene rings is 3. The summed E-state index contributed by atoms with van der Waals surface area (Å²) in [4.78, 5) is 27.3. The highest BCUT2D eigenvalue weighted by Crippen LogP contribution is 2.38. The van der Waals surface area contributed by atoms with E-state index in [0.717, 1.165) is 11.1 Å². The van der Waals surface area contributed by atoms with Crippen LogP contribution in [-0.2, 0) is 16.1 Å². The van der Waals surface area contributed by atoms with Crippen LogP contribution in [0.1, 0.15) is 29.2 Å². The Morgan fingerprint density at radius 3 is 2.58 bits per heavy atom. The van der Waals surface area contributed by atoms with Crippen molar-refractivity contribution in [1.82, 2.24) is 0 Å². The highest BCUT2D eigenvalue weighted by Gasteiger charge is 2.27. The lowest BCUT2D eigenvalue weighted by Gasteiger charge is -2.15. The lowest BCUT2D eigenvalue weighted by atomic mass is 10.1. The van der Waals surface area contributed by atoms with Gasteiger partial charge in [0.05, 0.1) is 26.6 Å². The number of nitro groups is 1. The van der Waals surface area contributed by atoms with Gasteiger partial charge in [0.25, 0.3) is 5.69 Å². The van der Waals surface area contributed by atoms with Gasteiger partial charge >= 0.3 is 5.97 Å². The maximum atomic E-state index is 12.5. The van der Waals surface area contributed by atoms with Crippen LogP contribution in [0.2, 0.25) is 5.02 Å². The monoisotopic (exact) mass is 570 g/mol. The summed E-state index contributed by atoms with van der Waals surface area (Å²) in [6, 6.07) is 15.3. The van der Waals surface area contributed by atoms with E-state index in [1.807, 2.05) is 38.1 Å². The normalized spacial score (nSPS) is 13.9. The largest absolute Gasteiger partial charge is 0.490 e. The zero-order valence-electron chi connectivity index (χ0n) is 19.3. The third kappa shape index (κ3) is 5.75. The van der Waals surface area contributed by atoms with Crippen LogP contribution in [0.4, 0.5) is 5.69 Å². The van der Waals surface area contributed by atoms with Gasteiger partial charge in [0.2, 0.25) is 5.90 Å². The first-order chi connectivity index (χ1) is 17.2. The van der Waals surface area contributed by atoms with Crippen molar-refractivity contribution < 1.29 is 23.9 Å². The van der Waals surface area contributed by atoms with Crippen molar-refractivity contribution in [3.8, 4) is 11.5 Å². The first-order valence-electron chi connectivity index (χ1n) is 10.9. The van der Waals surface area contributed by atoms with E-state index >= 15 is 0 Å². The maximum absolute atomic E-state index is 12.5. The van der Waals surface area contributed by atoms with Crippen molar-refractivity contribution in [3.05, 3.63) is 102 Å². The molecule has 0 N–H and O–H groups in total. The summed E-state index contributed by atoms with van der Waals surface area (Å²) < 4.78 is 17.7. The van der Waals surface area contributed by atoms with Crippen LogP contribution in [0.15, 0.2) is 69.8 Å². The molecule has 184 valence electrons. The molecule has 0 atom stereocenters. The van der Waals surface area contributed by atoms with Crippen LogP contribution in [0.5, 0.6) is 11.5 Å². The maximum Gasteiger partial charge on any atom is 0.363 e. The summed E-state index contributed by atoms with van der Waals surface area (Å²) in [5.74, 6) is 0.202. The number of carbonyl (C=O) groups is 1. The van der Waals surface area contributed by atoms with Gasteiger partial charge in [0, 0.05) is 12.1 Å². The number of aliphatic imine (C=N–C) groups is 1. The minimum absolute atomic E-state index is 0.00949. The van der Waals surface area contributed by atoms with Crippen LogP contribution < -0.4 is 9.47 Å². The lowest BCUT2D eigenvalue weighted by molar-refractivity contribution is -0.384. The summed E-state index contributed by atoms with van der Waals surface area (Å²) in [5, 5.41) is 11.3. The standard InChI is InChI=1S/C26H20BrClN2O6/c1-3-34-23-12-17(10-20(27)24(23)35-14-16-6-4-15(2)5-7-16)11-22-26(31)36-25(29-22)19-13-18(30(32)33)8-9-21(19)28/h4-13H,3,14H2,1-2H3/b22-11-. The van der Waals surface area contributed by atoms with Gasteiger partial charge in [-0.05, 0) is 65.2 Å². The van der Waals surface area contributed by atoms with Gasteiger partial charge in [-0.15, -0.1) is 0 Å². The second-order valence-corrected chi connectivity index (χ2v) is 9.06. The highest BCUT2D eigenvalue weighted by atomic mass is 79.9. The third-order valence-corrected chi connectivity index (χ3v) is 6.07. The molecule has 36 heavy (non-hydrogen) atoms. The smallest absolute Gasteiger partial charge is 0.363 e. The molecule has 0 amide bonds. The van der Waals surface area contributed by atoms with Crippen LogP contribution in [0.25, 0.3) is 6.08 Å². The lowest BCUT2D eigenvalue weighted by Crippen LogP contribution is -2.06. The van der Waals surface area contributed by atoms with E-state index in [9.17, 15) is 14.9 Å². The number of nitro benzene ring substituents is 1. The van der Waals surface area contributed by atoms with Gasteiger partial charge < -0.3 is 14.2 Å². The number of rotatable bonds is 8. The Kier molecular flexibility index (Phi) is 7.71. The van der Waals surface area contributed by atoms with Gasteiger partial charge in [-0.1, -0.05) is 41.4 Å². The number of ether oxygens (including phenoxy) is 3. The minimum Gasteiger partial charge on any atom is -0.490 e. The number of hydrogen-bond acceptors (Lipinski definition) is 7. The fourth-order valence-corrected chi connectivity index (χ4v) is 4.16. The SMILES string of the molecule is CCOc1cc(/C=C2\N=C(c3cc([N+](=O)[O-])ccc3Cl)OC2=O)cc(Br)c1OCc1ccc(C)cc1. The van der Waals surface area contributed by atoms with Crippen LogP contribution in [-0.4, -0.2) is 23.4 Å². The van der Waals surface area contributed by atoms with Gasteiger partial charge in [-0.2, -0.15) is 0 Å². The van der Waals surface area contributed by atoms with E-state index < -0.39 is 10.9 Å². The van der Waals surface area contributed by atoms with Crippen molar-refractivity contribution in [2.45, 2.75) is 20.5 Å². The summed E-state index contributed by atoms with van der Waals surface area (Å²) in [7, 11) is 0. The number of aryl methyl sites for hydroxylation is 1. The fraction of sp³-hybridized carbons (Fsp3) is 0.154. The fourth-order valence-electron chi connectivity index (χ4n) is 3.39. The Hall–Kier alpha value is -3.69. The van der Waals surface area contributed by atoms with E-state index in [4.69, 9.17) is 25.8 Å². The quantitative estimate of drug-likeness (QED) is 0.130. The van der Waals surface area contributed by atoms with E-state index in [2.05, 4.69) is 20.9 Å². The second kappa shape index (κ2) is 10.9. The molecule has 4 rings (SSSR count). The number of non-ortho nitro benzene ring substituents is 1. The molecule has 1 heterocycles. The predicted molar refractivity (Wildman–Crippen MR) is 140 cm³/mol. The highest BCUT2D eigenvalue weighted by molar-refractivity contribution is 9.10. The summed E-state index contributed by atoms with van der Waals surface area (Å²) in [5.41, 5.74) is 2.74. The molecular formula is C26H20BrClN2O6. The van der Waals surface area contributed by atoms with Crippen LogP contribution in [0, 0.1) is 17.0 Å². The number of esters is 1.